The predicted octanol–water partition coefficient (Wildman–Crippen LogP) is 2.44. The second-order valence-electron chi connectivity index (χ2n) is 8.62. The molecule has 0 aliphatic carbocycles. The topological polar surface area (TPSA) is 76.2 Å². The quantitative estimate of drug-likeness (QED) is 0.700. The molecule has 2 aliphatic rings. The predicted molar refractivity (Wildman–Crippen MR) is 96.5 cm³/mol. The number of methoxy groups -OCH3 is 1. The summed E-state index contributed by atoms with van der Waals surface area (Å²) in [6.07, 6.45) is 2.26. The Morgan fingerprint density at radius 2 is 1.50 bits per heavy atom. The summed E-state index contributed by atoms with van der Waals surface area (Å²) in [7, 11) is 1.41. The lowest BCUT2D eigenvalue weighted by Crippen LogP contribution is -2.49. The summed E-state index contributed by atoms with van der Waals surface area (Å²) in [5.74, 6) is -0.118. The zero-order valence-corrected chi connectivity index (χ0v) is 16.7. The van der Waals surface area contributed by atoms with E-state index >= 15 is 0 Å². The Bertz CT molecular complexity index is 539. The first-order chi connectivity index (χ1) is 12.1. The molecule has 2 fully saturated rings. The maximum atomic E-state index is 12.8. The van der Waals surface area contributed by atoms with Crippen molar-refractivity contribution in [1.82, 2.24) is 9.80 Å². The van der Waals surface area contributed by atoms with Gasteiger partial charge in [0, 0.05) is 32.1 Å². The van der Waals surface area contributed by atoms with Gasteiger partial charge in [0.15, 0.2) is 0 Å². The number of esters is 1. The van der Waals surface area contributed by atoms with Crippen LogP contribution in [0.1, 0.15) is 53.4 Å². The molecule has 2 aliphatic heterocycles. The lowest BCUT2D eigenvalue weighted by Gasteiger charge is -2.40. The third kappa shape index (κ3) is 4.89. The van der Waals surface area contributed by atoms with E-state index in [1.807, 2.05) is 32.6 Å². The van der Waals surface area contributed by atoms with Crippen molar-refractivity contribution < 1.29 is 23.9 Å². The van der Waals surface area contributed by atoms with E-state index in [1.54, 1.807) is 4.90 Å². The molecule has 148 valence electrons. The van der Waals surface area contributed by atoms with Gasteiger partial charge < -0.3 is 19.3 Å². The van der Waals surface area contributed by atoms with Crippen LogP contribution in [0.4, 0.5) is 4.79 Å². The smallest absolute Gasteiger partial charge is 0.410 e. The van der Waals surface area contributed by atoms with E-state index in [0.29, 0.717) is 51.9 Å². The maximum absolute atomic E-state index is 12.8. The summed E-state index contributed by atoms with van der Waals surface area (Å²) < 4.78 is 10.3. The SMILES string of the molecule is COC(=O)C1(C)CCN(C(=O)C2CCN(C(=O)OC(C)(C)C)CC2)CC1. The molecule has 0 saturated carbocycles. The molecule has 2 heterocycles. The van der Waals surface area contributed by atoms with Crippen LogP contribution in [0, 0.1) is 11.3 Å². The van der Waals surface area contributed by atoms with Gasteiger partial charge in [-0.2, -0.15) is 0 Å². The highest BCUT2D eigenvalue weighted by Gasteiger charge is 2.40. The molecule has 0 spiro atoms. The molecule has 2 saturated heterocycles. The van der Waals surface area contributed by atoms with Gasteiger partial charge in [-0.25, -0.2) is 4.79 Å². The van der Waals surface area contributed by atoms with Crippen LogP contribution in [0.3, 0.4) is 0 Å². The number of carbonyl (C=O) groups is 3. The molecular weight excluding hydrogens is 336 g/mol. The molecule has 0 N–H and O–H groups in total. The van der Waals surface area contributed by atoms with Crippen LogP contribution in [0.2, 0.25) is 0 Å². The van der Waals surface area contributed by atoms with Gasteiger partial charge >= 0.3 is 12.1 Å². The van der Waals surface area contributed by atoms with Crippen LogP contribution in [0.25, 0.3) is 0 Å². The Morgan fingerprint density at radius 3 is 1.96 bits per heavy atom. The number of likely N-dealkylation sites (tertiary alicyclic amines) is 2. The highest BCUT2D eigenvalue weighted by atomic mass is 16.6. The first-order valence-corrected chi connectivity index (χ1v) is 9.41. The van der Waals surface area contributed by atoms with Crippen molar-refractivity contribution in [3.63, 3.8) is 0 Å². The third-order valence-corrected chi connectivity index (χ3v) is 5.35. The Balaban J connectivity index is 1.82. The highest BCUT2D eigenvalue weighted by Crippen LogP contribution is 2.33. The summed E-state index contributed by atoms with van der Waals surface area (Å²) in [4.78, 5) is 40.3. The fourth-order valence-corrected chi connectivity index (χ4v) is 3.56. The Morgan fingerprint density at radius 1 is 0.962 bits per heavy atom. The largest absolute Gasteiger partial charge is 0.469 e. The van der Waals surface area contributed by atoms with Crippen LogP contribution in [-0.2, 0) is 19.1 Å². The molecule has 7 heteroatoms. The second kappa shape index (κ2) is 7.84. The third-order valence-electron chi connectivity index (χ3n) is 5.35. The molecule has 0 aromatic rings. The molecule has 0 bridgehead atoms. The molecule has 26 heavy (non-hydrogen) atoms. The average molecular weight is 368 g/mol. The van der Waals surface area contributed by atoms with E-state index in [9.17, 15) is 14.4 Å². The van der Waals surface area contributed by atoms with E-state index in [0.717, 1.165) is 0 Å². The molecule has 7 nitrogen and oxygen atoms in total. The monoisotopic (exact) mass is 368 g/mol. The zero-order valence-electron chi connectivity index (χ0n) is 16.7. The fraction of sp³-hybridized carbons (Fsp3) is 0.842. The number of piperidine rings is 2. The minimum absolute atomic E-state index is 0.0591. The van der Waals surface area contributed by atoms with E-state index in [4.69, 9.17) is 9.47 Å². The number of nitrogens with zero attached hydrogens (tertiary/aromatic N) is 2. The van der Waals surface area contributed by atoms with E-state index in [2.05, 4.69) is 0 Å². The lowest BCUT2D eigenvalue weighted by molar-refractivity contribution is -0.157. The van der Waals surface area contributed by atoms with Crippen molar-refractivity contribution in [2.45, 2.75) is 59.0 Å². The molecule has 2 rings (SSSR count). The summed E-state index contributed by atoms with van der Waals surface area (Å²) in [5, 5.41) is 0. The Labute approximate surface area is 156 Å². The molecular formula is C19H32N2O5. The molecule has 0 unspecified atom stereocenters. The number of hydrogen-bond donors (Lipinski definition) is 0. The standard InChI is InChI=1S/C19H32N2O5/c1-18(2,3)26-17(24)21-10-6-14(7-11-21)15(22)20-12-8-19(4,9-13-20)16(23)25-5/h14H,6-13H2,1-5H3. The summed E-state index contributed by atoms with van der Waals surface area (Å²) in [6, 6.07) is 0. The highest BCUT2D eigenvalue weighted by molar-refractivity contribution is 5.81. The van der Waals surface area contributed by atoms with E-state index in [1.165, 1.54) is 7.11 Å². The normalized spacial score (nSPS) is 21.3. The molecule has 0 atom stereocenters. The minimum atomic E-state index is -0.510. The number of hydrogen-bond acceptors (Lipinski definition) is 5. The van der Waals surface area contributed by atoms with Gasteiger partial charge in [0.1, 0.15) is 5.60 Å². The van der Waals surface area contributed by atoms with Gasteiger partial charge in [-0.05, 0) is 53.4 Å². The first kappa shape index (κ1) is 20.5. The molecule has 0 radical (unpaired) electrons. The first-order valence-electron chi connectivity index (χ1n) is 9.41. The van der Waals surface area contributed by atoms with Crippen molar-refractivity contribution in [1.29, 1.82) is 0 Å². The van der Waals surface area contributed by atoms with Crippen molar-refractivity contribution in [3.8, 4) is 0 Å². The van der Waals surface area contributed by atoms with Gasteiger partial charge in [-0.3, -0.25) is 9.59 Å². The van der Waals surface area contributed by atoms with E-state index < -0.39 is 11.0 Å². The molecule has 0 aromatic heterocycles. The molecule has 0 aromatic carbocycles. The Hall–Kier alpha value is -1.79. The van der Waals surface area contributed by atoms with Crippen LogP contribution in [0.5, 0.6) is 0 Å². The number of ether oxygens (including phenoxy) is 2. The number of rotatable bonds is 2. The summed E-state index contributed by atoms with van der Waals surface area (Å²) in [5.41, 5.74) is -1.00. The number of amides is 2. The van der Waals surface area contributed by atoms with Crippen LogP contribution in [0.15, 0.2) is 0 Å². The summed E-state index contributed by atoms with van der Waals surface area (Å²) >= 11 is 0. The van der Waals surface area contributed by atoms with Crippen molar-refractivity contribution in [2.24, 2.45) is 11.3 Å². The van der Waals surface area contributed by atoms with Crippen molar-refractivity contribution in [3.05, 3.63) is 0 Å². The van der Waals surface area contributed by atoms with Gasteiger partial charge in [0.05, 0.1) is 12.5 Å². The van der Waals surface area contributed by atoms with Crippen molar-refractivity contribution >= 4 is 18.0 Å². The Kier molecular flexibility index (Phi) is 6.19. The lowest BCUT2D eigenvalue weighted by atomic mass is 9.80. The minimum Gasteiger partial charge on any atom is -0.469 e. The van der Waals surface area contributed by atoms with Crippen LogP contribution < -0.4 is 0 Å². The molecule has 2 amide bonds. The van der Waals surface area contributed by atoms with Crippen LogP contribution >= 0.6 is 0 Å². The van der Waals surface area contributed by atoms with Gasteiger partial charge in [-0.1, -0.05) is 0 Å². The zero-order chi connectivity index (χ0) is 19.5. The number of carbonyl (C=O) groups excluding carboxylic acids is 3. The van der Waals surface area contributed by atoms with Crippen molar-refractivity contribution in [2.75, 3.05) is 33.3 Å². The van der Waals surface area contributed by atoms with Gasteiger partial charge in [0.25, 0.3) is 0 Å². The summed E-state index contributed by atoms with van der Waals surface area (Å²) in [6.45, 7) is 9.68. The average Bonchev–Trinajstić information content (AvgIpc) is 2.59. The maximum Gasteiger partial charge on any atom is 0.410 e. The van der Waals surface area contributed by atoms with Gasteiger partial charge in [-0.15, -0.1) is 0 Å². The fourth-order valence-electron chi connectivity index (χ4n) is 3.56. The second-order valence-corrected chi connectivity index (χ2v) is 8.62. The van der Waals surface area contributed by atoms with Crippen LogP contribution in [-0.4, -0.2) is 66.7 Å². The van der Waals surface area contributed by atoms with E-state index in [-0.39, 0.29) is 23.9 Å². The van der Waals surface area contributed by atoms with Gasteiger partial charge in [0.2, 0.25) is 5.91 Å².